The number of fused-ring (bicyclic) bond motifs is 1. The average molecular weight is 389 g/mol. The number of benzene rings is 2. The minimum atomic E-state index is -0.296. The number of rotatable bonds is 6. The van der Waals surface area contributed by atoms with Crippen LogP contribution in [0.4, 0.5) is 0 Å². The zero-order valence-corrected chi connectivity index (χ0v) is 16.3. The number of aromatic amines is 1. The first-order valence-corrected chi connectivity index (χ1v) is 8.75. The number of carbonyl (C=O) groups excluding carboxylic acids is 1. The van der Waals surface area contributed by atoms with Gasteiger partial charge in [-0.25, -0.2) is 4.79 Å². The lowest BCUT2D eigenvalue weighted by Crippen LogP contribution is -2.35. The van der Waals surface area contributed by atoms with E-state index in [0.717, 1.165) is 5.56 Å². The molecule has 1 unspecified atom stereocenters. The molecular weight excluding hydrogens is 364 g/mol. The van der Waals surface area contributed by atoms with Gasteiger partial charge in [0.2, 0.25) is 5.91 Å². The van der Waals surface area contributed by atoms with Gasteiger partial charge in [-0.05, 0) is 29.2 Å². The first-order valence-electron chi connectivity index (χ1n) is 8.75. The van der Waals surface area contributed by atoms with Crippen LogP contribution in [0, 0.1) is 0 Å². The first-order chi connectivity index (χ1) is 12.5. The maximum atomic E-state index is 12.2. The Morgan fingerprint density at radius 1 is 1.11 bits per heavy atom. The molecule has 0 fully saturated rings. The zero-order valence-electron chi connectivity index (χ0n) is 15.4. The summed E-state index contributed by atoms with van der Waals surface area (Å²) >= 11 is 0. The number of nitrogens with zero attached hydrogens (tertiary/aromatic N) is 1. The Balaban J connectivity index is 0.00000261. The number of amides is 1. The number of carbonyl (C=O) groups is 1. The van der Waals surface area contributed by atoms with Crippen molar-refractivity contribution in [1.82, 2.24) is 14.9 Å². The summed E-state index contributed by atoms with van der Waals surface area (Å²) in [6, 6.07) is 15.1. The smallest absolute Gasteiger partial charge is 0.326 e. The number of hydrogen-bond donors (Lipinski definition) is 3. The van der Waals surface area contributed by atoms with E-state index in [-0.39, 0.29) is 36.6 Å². The van der Waals surface area contributed by atoms with Crippen LogP contribution in [0.2, 0.25) is 0 Å². The third-order valence-corrected chi connectivity index (χ3v) is 4.53. The Kier molecular flexibility index (Phi) is 6.82. The minimum absolute atomic E-state index is 0. The molecule has 1 amide bonds. The lowest BCUT2D eigenvalue weighted by atomic mass is 9.99. The second-order valence-corrected chi connectivity index (χ2v) is 6.77. The number of nitrogens with one attached hydrogen (secondary N) is 2. The van der Waals surface area contributed by atoms with Crippen LogP contribution in [0.25, 0.3) is 11.0 Å². The number of halogens is 1. The van der Waals surface area contributed by atoms with Gasteiger partial charge in [0.25, 0.3) is 0 Å². The predicted octanol–water partition coefficient (Wildman–Crippen LogP) is 2.69. The third-order valence-electron chi connectivity index (χ3n) is 4.53. The molecule has 3 aromatic rings. The molecule has 7 heteroatoms. The Morgan fingerprint density at radius 2 is 1.74 bits per heavy atom. The molecule has 0 aliphatic heterocycles. The van der Waals surface area contributed by atoms with E-state index >= 15 is 0 Å². The molecule has 27 heavy (non-hydrogen) atoms. The van der Waals surface area contributed by atoms with E-state index in [1.54, 1.807) is 0 Å². The average Bonchev–Trinajstić information content (AvgIpc) is 2.95. The van der Waals surface area contributed by atoms with Crippen LogP contribution in [0.15, 0.2) is 53.3 Å². The Hall–Kier alpha value is -2.57. The molecule has 0 bridgehead atoms. The van der Waals surface area contributed by atoms with Gasteiger partial charge in [0.05, 0.1) is 11.0 Å². The highest BCUT2D eigenvalue weighted by Gasteiger charge is 2.12. The van der Waals surface area contributed by atoms with Crippen LogP contribution < -0.4 is 16.7 Å². The summed E-state index contributed by atoms with van der Waals surface area (Å²) in [4.78, 5) is 27.0. The van der Waals surface area contributed by atoms with Gasteiger partial charge in [-0.2, -0.15) is 0 Å². The van der Waals surface area contributed by atoms with Crippen LogP contribution in [0.1, 0.15) is 36.9 Å². The summed E-state index contributed by atoms with van der Waals surface area (Å²) in [6.07, 6.45) is 0. The van der Waals surface area contributed by atoms with Crippen LogP contribution >= 0.6 is 12.4 Å². The van der Waals surface area contributed by atoms with Crippen LogP contribution in [0.3, 0.4) is 0 Å². The van der Waals surface area contributed by atoms with Crippen molar-refractivity contribution in [3.63, 3.8) is 0 Å². The van der Waals surface area contributed by atoms with E-state index in [4.69, 9.17) is 5.73 Å². The van der Waals surface area contributed by atoms with Crippen molar-refractivity contribution in [2.75, 3.05) is 6.54 Å². The fourth-order valence-corrected chi connectivity index (χ4v) is 2.93. The largest absolute Gasteiger partial charge is 0.353 e. The first kappa shape index (κ1) is 20.7. The summed E-state index contributed by atoms with van der Waals surface area (Å²) in [5, 5.41) is 2.81. The van der Waals surface area contributed by atoms with Crippen molar-refractivity contribution in [3.8, 4) is 0 Å². The standard InChI is InChI=1S/C20H24N4O2.ClH/c1-13(2)14-7-9-15(10-8-14)16(21)11-22-19(25)12-24-18-6-4-3-5-17(18)23-20(24)26;/h3-10,13,16H,11-12,21H2,1-2H3,(H,22,25)(H,23,26);1H. The topological polar surface area (TPSA) is 92.9 Å². The van der Waals surface area contributed by atoms with Crippen molar-refractivity contribution >= 4 is 29.3 Å². The highest BCUT2D eigenvalue weighted by atomic mass is 35.5. The fourth-order valence-electron chi connectivity index (χ4n) is 2.93. The van der Waals surface area contributed by atoms with E-state index in [1.807, 2.05) is 36.4 Å². The minimum Gasteiger partial charge on any atom is -0.353 e. The summed E-state index contributed by atoms with van der Waals surface area (Å²) in [7, 11) is 0. The van der Waals surface area contributed by atoms with Crippen molar-refractivity contribution < 1.29 is 4.79 Å². The van der Waals surface area contributed by atoms with Gasteiger partial charge >= 0.3 is 5.69 Å². The molecule has 0 aliphatic rings. The molecule has 1 aromatic heterocycles. The Morgan fingerprint density at radius 3 is 2.41 bits per heavy atom. The van der Waals surface area contributed by atoms with Crippen molar-refractivity contribution in [3.05, 3.63) is 70.1 Å². The number of imidazole rings is 1. The highest BCUT2D eigenvalue weighted by Crippen LogP contribution is 2.17. The van der Waals surface area contributed by atoms with Crippen molar-refractivity contribution in [2.24, 2.45) is 5.73 Å². The lowest BCUT2D eigenvalue weighted by molar-refractivity contribution is -0.121. The number of nitrogens with two attached hydrogens (primary N) is 1. The second-order valence-electron chi connectivity index (χ2n) is 6.77. The van der Waals surface area contributed by atoms with E-state index in [0.29, 0.717) is 23.5 Å². The van der Waals surface area contributed by atoms with Crippen LogP contribution in [0.5, 0.6) is 0 Å². The monoisotopic (exact) mass is 388 g/mol. The Labute approximate surface area is 164 Å². The molecule has 0 radical (unpaired) electrons. The molecule has 144 valence electrons. The van der Waals surface area contributed by atoms with Crippen LogP contribution in [-0.4, -0.2) is 22.0 Å². The summed E-state index contributed by atoms with van der Waals surface area (Å²) < 4.78 is 1.42. The lowest BCUT2D eigenvalue weighted by Gasteiger charge is -2.15. The quantitative estimate of drug-likeness (QED) is 0.606. The molecule has 0 saturated carbocycles. The molecule has 0 saturated heterocycles. The van der Waals surface area contributed by atoms with Gasteiger partial charge in [-0.3, -0.25) is 9.36 Å². The van der Waals surface area contributed by atoms with Crippen molar-refractivity contribution in [1.29, 1.82) is 0 Å². The van der Waals surface area contributed by atoms with E-state index < -0.39 is 0 Å². The summed E-state index contributed by atoms with van der Waals surface area (Å²) in [5.41, 5.74) is 9.53. The second kappa shape index (κ2) is 8.88. The maximum absolute atomic E-state index is 12.2. The van der Waals surface area contributed by atoms with Gasteiger partial charge in [-0.1, -0.05) is 50.2 Å². The van der Waals surface area contributed by atoms with Crippen molar-refractivity contribution in [2.45, 2.75) is 32.4 Å². The van der Waals surface area contributed by atoms with E-state index in [9.17, 15) is 9.59 Å². The van der Waals surface area contributed by atoms with Gasteiger partial charge < -0.3 is 16.0 Å². The van der Waals surface area contributed by atoms with Gasteiger partial charge in [0.15, 0.2) is 0 Å². The number of hydrogen-bond acceptors (Lipinski definition) is 3. The normalized spacial score (nSPS) is 12.0. The molecule has 0 spiro atoms. The summed E-state index contributed by atoms with van der Waals surface area (Å²) in [5.74, 6) is 0.223. The zero-order chi connectivity index (χ0) is 18.7. The van der Waals surface area contributed by atoms with E-state index in [1.165, 1.54) is 10.1 Å². The number of H-pyrrole nitrogens is 1. The van der Waals surface area contributed by atoms with Crippen LogP contribution in [-0.2, 0) is 11.3 Å². The predicted molar refractivity (Wildman–Crippen MR) is 110 cm³/mol. The third kappa shape index (κ3) is 4.78. The molecule has 6 nitrogen and oxygen atoms in total. The SMILES string of the molecule is CC(C)c1ccc(C(N)CNC(=O)Cn2c(=O)[nH]c3ccccc32)cc1.Cl. The van der Waals surface area contributed by atoms with E-state index in [2.05, 4.69) is 36.3 Å². The maximum Gasteiger partial charge on any atom is 0.326 e. The number of aromatic nitrogens is 2. The van der Waals surface area contributed by atoms with Gasteiger partial charge in [0, 0.05) is 12.6 Å². The highest BCUT2D eigenvalue weighted by molar-refractivity contribution is 5.85. The van der Waals surface area contributed by atoms with Gasteiger partial charge in [0.1, 0.15) is 6.54 Å². The molecule has 1 atom stereocenters. The molecule has 3 rings (SSSR count). The fraction of sp³-hybridized carbons (Fsp3) is 0.300. The molecule has 0 aliphatic carbocycles. The molecule has 4 N–H and O–H groups in total. The molecular formula is C20H25ClN4O2. The molecule has 2 aromatic carbocycles. The Bertz CT molecular complexity index is 960. The molecule has 1 heterocycles. The van der Waals surface area contributed by atoms with Gasteiger partial charge in [-0.15, -0.1) is 12.4 Å². The number of para-hydroxylation sites is 2. The summed E-state index contributed by atoms with van der Waals surface area (Å²) in [6.45, 7) is 4.56.